The summed E-state index contributed by atoms with van der Waals surface area (Å²) in [7, 11) is -18.1. The van der Waals surface area contributed by atoms with Gasteiger partial charge in [-0.05, 0) is 0 Å². The first-order valence-corrected chi connectivity index (χ1v) is 15.9. The third-order valence-corrected chi connectivity index (χ3v) is 4.66. The van der Waals surface area contributed by atoms with E-state index in [0.717, 1.165) is 0 Å². The maximum atomic E-state index is 10.0. The Morgan fingerprint density at radius 1 is 0.419 bits per heavy atom. The third-order valence-electron chi connectivity index (χ3n) is 2.63. The Morgan fingerprint density at radius 2 is 0.628 bits per heavy atom. The van der Waals surface area contributed by atoms with E-state index in [1.165, 1.54) is 0 Å². The van der Waals surface area contributed by atoms with Gasteiger partial charge in [-0.2, -0.15) is 0 Å². The van der Waals surface area contributed by atoms with Crippen LogP contribution in [0, 0.1) is 0 Å². The summed E-state index contributed by atoms with van der Waals surface area (Å²) in [5.74, 6) is 0. The van der Waals surface area contributed by atoms with Gasteiger partial charge < -0.3 is 80.0 Å². The molecule has 24 nitrogen and oxygen atoms in total. The first-order valence-electron chi connectivity index (χ1n) is 9.78. The van der Waals surface area contributed by atoms with Crippen LogP contribution in [0.15, 0.2) is 0 Å². The number of aliphatic hydroxyl groups excluding tert-OH is 8. The van der Waals surface area contributed by atoms with Crippen molar-refractivity contribution in [2.45, 2.75) is 46.7 Å². The highest BCUT2D eigenvalue weighted by molar-refractivity contribution is 7.47. The topological polar surface area (TPSA) is 429 Å². The Labute approximate surface area is 247 Å². The molecule has 0 aliphatic heterocycles. The van der Waals surface area contributed by atoms with Gasteiger partial charge in [0.15, 0.2) is 0 Å². The summed E-state index contributed by atoms with van der Waals surface area (Å²) in [6, 6.07) is 0. The molecule has 16 N–H and O–H groups in total. The molecule has 1 unspecified atom stereocenters. The van der Waals surface area contributed by atoms with Crippen molar-refractivity contribution in [2.75, 3.05) is 52.9 Å². The third kappa shape index (κ3) is 61.8. The van der Waals surface area contributed by atoms with Gasteiger partial charge in [-0.15, -0.1) is 0 Å². The molecule has 0 aliphatic carbocycles. The molecule has 0 aromatic carbocycles. The second kappa shape index (κ2) is 30.8. The van der Waals surface area contributed by atoms with Gasteiger partial charge in [0, 0.05) is 0 Å². The average molecular weight is 736 g/mol. The minimum absolute atomic E-state index is 0. The zero-order valence-corrected chi connectivity index (χ0v) is 23.8. The van der Waals surface area contributed by atoms with E-state index in [-0.39, 0.29) is 22.3 Å². The summed E-state index contributed by atoms with van der Waals surface area (Å²) in [5.41, 5.74) is 0. The van der Waals surface area contributed by atoms with E-state index < -0.39 is 109 Å². The smallest absolute Gasteiger partial charge is 0.394 e. The molecule has 0 heterocycles. The molecule has 0 saturated heterocycles. The van der Waals surface area contributed by atoms with Crippen LogP contribution >= 0.6 is 31.3 Å². The van der Waals surface area contributed by atoms with Gasteiger partial charge >= 0.3 is 31.3 Å². The largest absolute Gasteiger partial charge is 0.470 e. The lowest BCUT2D eigenvalue weighted by molar-refractivity contribution is 0.0391. The van der Waals surface area contributed by atoms with Crippen LogP contribution in [0.3, 0.4) is 0 Å². The molecule has 0 bridgehead atoms. The predicted octanol–water partition coefficient (Wildman–Crippen LogP) is -4.30. The molecule has 0 spiro atoms. The lowest BCUT2D eigenvalue weighted by atomic mass is 10.4. The number of hydrogen-bond acceptors (Lipinski definition) is 16. The molecule has 272 valence electrons. The van der Waals surface area contributed by atoms with Crippen LogP contribution in [0.25, 0.3) is 0 Å². The molecule has 0 fully saturated rings. The lowest BCUT2D eigenvalue weighted by Gasteiger charge is -2.11. The molecule has 3 atom stereocenters. The van der Waals surface area contributed by atoms with E-state index >= 15 is 0 Å². The number of rotatable bonds is 16. The second-order valence-corrected chi connectivity index (χ2v) is 11.4. The fourth-order valence-corrected chi connectivity index (χ4v) is 2.65. The SMILES string of the molecule is C.C.C.O=P(O)(O)OC(CO)CO.O=P(O)(O)OCC(O)CO.O=P(O)(O)OC[C@@H](O)CO.O=P(O)(O)OC[C@H](O)CO. The van der Waals surface area contributed by atoms with Crippen LogP contribution in [0.5, 0.6) is 0 Å². The summed E-state index contributed by atoms with van der Waals surface area (Å²) in [4.78, 5) is 64.6. The molecular formula is C15H48O24P4. The van der Waals surface area contributed by atoms with Crippen LogP contribution in [0.2, 0.25) is 0 Å². The van der Waals surface area contributed by atoms with Crippen LogP contribution in [-0.4, -0.2) is 157 Å². The van der Waals surface area contributed by atoms with Crippen molar-refractivity contribution in [2.24, 2.45) is 0 Å². The van der Waals surface area contributed by atoms with E-state index in [4.69, 9.17) is 80.0 Å². The van der Waals surface area contributed by atoms with Crippen LogP contribution < -0.4 is 0 Å². The molecule has 0 aliphatic rings. The number of phosphoric acid groups is 4. The zero-order valence-electron chi connectivity index (χ0n) is 20.2. The van der Waals surface area contributed by atoms with E-state index in [1.807, 2.05) is 0 Å². The second-order valence-electron chi connectivity index (χ2n) is 6.45. The Kier molecular flexibility index (Phi) is 41.9. The van der Waals surface area contributed by atoms with Crippen molar-refractivity contribution < 1.29 is 116 Å². The monoisotopic (exact) mass is 736 g/mol. The van der Waals surface area contributed by atoms with Crippen molar-refractivity contribution in [3.05, 3.63) is 0 Å². The summed E-state index contributed by atoms with van der Waals surface area (Å²) in [5, 5.41) is 66.5. The Balaban J connectivity index is -0.0000000785. The number of hydrogen-bond donors (Lipinski definition) is 16. The van der Waals surface area contributed by atoms with E-state index in [2.05, 4.69) is 18.1 Å². The first-order chi connectivity index (χ1) is 17.9. The van der Waals surface area contributed by atoms with Gasteiger partial charge in [-0.25, -0.2) is 18.3 Å². The van der Waals surface area contributed by atoms with Crippen LogP contribution in [0.4, 0.5) is 0 Å². The molecule has 28 heteroatoms. The highest BCUT2D eigenvalue weighted by Gasteiger charge is 2.20. The molecule has 0 amide bonds. The molecule has 0 aromatic heterocycles. The maximum Gasteiger partial charge on any atom is 0.470 e. The van der Waals surface area contributed by atoms with Gasteiger partial charge in [0.05, 0.1) is 52.9 Å². The quantitative estimate of drug-likeness (QED) is 0.0666. The maximum absolute atomic E-state index is 10.0. The number of phosphoric ester groups is 4. The molecular weight excluding hydrogens is 688 g/mol. The number of aliphatic hydroxyl groups is 8. The highest BCUT2D eigenvalue weighted by atomic mass is 31.2. The van der Waals surface area contributed by atoms with E-state index in [9.17, 15) is 18.3 Å². The van der Waals surface area contributed by atoms with Crippen molar-refractivity contribution in [1.29, 1.82) is 0 Å². The molecule has 43 heavy (non-hydrogen) atoms. The minimum atomic E-state index is -4.57. The zero-order chi connectivity index (χ0) is 32.8. The minimum Gasteiger partial charge on any atom is -0.394 e. The Hall–Kier alpha value is 0.120. The summed E-state index contributed by atoms with van der Waals surface area (Å²) < 4.78 is 55.2. The summed E-state index contributed by atoms with van der Waals surface area (Å²) in [6.07, 6.45) is -4.94. The van der Waals surface area contributed by atoms with Crippen LogP contribution in [0.1, 0.15) is 22.3 Å². The van der Waals surface area contributed by atoms with E-state index in [0.29, 0.717) is 0 Å². The van der Waals surface area contributed by atoms with Gasteiger partial charge in [-0.3, -0.25) is 18.1 Å². The molecule has 0 radical (unpaired) electrons. The van der Waals surface area contributed by atoms with Gasteiger partial charge in [0.1, 0.15) is 24.4 Å². The first kappa shape index (κ1) is 58.6. The van der Waals surface area contributed by atoms with Crippen LogP contribution in [-0.2, 0) is 36.4 Å². The fraction of sp³-hybridized carbons (Fsp3) is 1.00. The predicted molar refractivity (Wildman–Crippen MR) is 145 cm³/mol. The summed E-state index contributed by atoms with van der Waals surface area (Å²) in [6.45, 7) is -4.70. The normalized spacial score (nSPS) is 13.5. The van der Waals surface area contributed by atoms with Crippen molar-refractivity contribution >= 4 is 31.3 Å². The van der Waals surface area contributed by atoms with Gasteiger partial charge in [-0.1, -0.05) is 22.3 Å². The summed E-state index contributed by atoms with van der Waals surface area (Å²) >= 11 is 0. The van der Waals surface area contributed by atoms with Gasteiger partial charge in [0.25, 0.3) is 0 Å². The lowest BCUT2D eigenvalue weighted by Crippen LogP contribution is -2.20. The van der Waals surface area contributed by atoms with Crippen molar-refractivity contribution in [3.8, 4) is 0 Å². The van der Waals surface area contributed by atoms with Gasteiger partial charge in [0.2, 0.25) is 0 Å². The average Bonchev–Trinajstić information content (AvgIpc) is 2.81. The Morgan fingerprint density at radius 3 is 0.721 bits per heavy atom. The van der Waals surface area contributed by atoms with Crippen molar-refractivity contribution in [1.82, 2.24) is 0 Å². The standard InChI is InChI=1S/4C3H9O6P.3CH4/c3*4-1-3(5)2-9-10(6,7)8;4-1-3(2-5)9-10(6,7)8;;;/h4*3-5H,1-2H2,(H2,6,7,8);3*1H4/t2*3-;;;;;/m10...../s1. The fourth-order valence-electron chi connectivity index (χ4n) is 1.03. The Bertz CT molecular complexity index is 697. The van der Waals surface area contributed by atoms with E-state index in [1.54, 1.807) is 0 Å². The van der Waals surface area contributed by atoms with Crippen molar-refractivity contribution in [3.63, 3.8) is 0 Å². The highest BCUT2D eigenvalue weighted by Crippen LogP contribution is 2.37. The molecule has 0 aromatic rings. The molecule has 0 rings (SSSR count). The molecule has 0 saturated carbocycles.